The van der Waals surface area contributed by atoms with Crippen molar-refractivity contribution in [3.8, 4) is 5.75 Å². The van der Waals surface area contributed by atoms with Crippen LogP contribution in [-0.2, 0) is 23.6 Å². The lowest BCUT2D eigenvalue weighted by Crippen LogP contribution is -2.45. The third kappa shape index (κ3) is 6.10. The molecule has 36 heavy (non-hydrogen) atoms. The first kappa shape index (κ1) is 27.3. The highest BCUT2D eigenvalue weighted by Gasteiger charge is 2.37. The van der Waals surface area contributed by atoms with Crippen LogP contribution < -0.4 is 10.1 Å². The number of halogens is 6. The third-order valence-corrected chi connectivity index (χ3v) is 5.69. The van der Waals surface area contributed by atoms with Gasteiger partial charge in [-0.1, -0.05) is 13.0 Å². The largest absolute Gasteiger partial charge is 0.490 e. The van der Waals surface area contributed by atoms with Crippen LogP contribution in [0, 0.1) is 5.92 Å². The number of carbonyl (C=O) groups is 2. The van der Waals surface area contributed by atoms with Crippen molar-refractivity contribution in [1.82, 2.24) is 4.90 Å². The molecule has 1 aliphatic rings. The molecule has 2 N–H and O–H groups in total. The molecule has 12 heteroatoms. The summed E-state index contributed by atoms with van der Waals surface area (Å²) in [6.45, 7) is 3.61. The van der Waals surface area contributed by atoms with E-state index in [1.807, 2.05) is 6.92 Å². The molecule has 0 saturated heterocycles. The van der Waals surface area contributed by atoms with Gasteiger partial charge in [-0.2, -0.15) is 26.3 Å². The van der Waals surface area contributed by atoms with Crippen LogP contribution in [0.5, 0.6) is 5.75 Å². The second-order valence-electron chi connectivity index (χ2n) is 8.68. The number of fused-ring (bicyclic) bond motifs is 1. The molecule has 0 radical (unpaired) electrons. The summed E-state index contributed by atoms with van der Waals surface area (Å²) in [6, 6.07) is 4.63. The quantitative estimate of drug-likeness (QED) is 0.560. The maximum absolute atomic E-state index is 13.4. The number of anilines is 1. The number of aliphatic hydroxyl groups is 1. The maximum atomic E-state index is 13.4. The molecule has 1 heterocycles. The maximum Gasteiger partial charge on any atom is 0.416 e. The number of amides is 2. The van der Waals surface area contributed by atoms with Crippen LogP contribution in [0.2, 0.25) is 0 Å². The van der Waals surface area contributed by atoms with Crippen molar-refractivity contribution in [2.75, 3.05) is 25.1 Å². The Bertz CT molecular complexity index is 1130. The number of benzene rings is 2. The van der Waals surface area contributed by atoms with E-state index in [0.29, 0.717) is 24.7 Å². The number of hydrogen-bond donors (Lipinski definition) is 2. The van der Waals surface area contributed by atoms with Crippen LogP contribution in [0.15, 0.2) is 36.4 Å². The number of rotatable bonds is 5. The molecule has 0 aliphatic carbocycles. The van der Waals surface area contributed by atoms with Gasteiger partial charge in [-0.15, -0.1) is 0 Å². The SMILES string of the molecule is C[C@H]1COc2c(NC(=O)Cc3cc(C(F)(F)F)ccc3C(F)(F)F)cccc2C(=O)N([C@@H](C)CO)C1. The standard InChI is InChI=1S/C24H24F6N2O4/c1-13-10-32(14(2)11-33)22(35)17-4-3-5-19(21(17)36-12-13)31-20(34)9-15-8-16(23(25,26)27)6-7-18(15)24(28,29)30/h3-8,13-14,33H,9-12H2,1-2H3,(H,31,34)/t13-,14+/m1/s1. The zero-order chi connectivity index (χ0) is 26.8. The highest BCUT2D eigenvalue weighted by Crippen LogP contribution is 2.37. The van der Waals surface area contributed by atoms with E-state index >= 15 is 0 Å². The highest BCUT2D eigenvalue weighted by atomic mass is 19.4. The monoisotopic (exact) mass is 518 g/mol. The summed E-state index contributed by atoms with van der Waals surface area (Å²) in [4.78, 5) is 27.3. The number of carbonyl (C=O) groups excluding carboxylic acids is 2. The summed E-state index contributed by atoms with van der Waals surface area (Å²) >= 11 is 0. The van der Waals surface area contributed by atoms with Crippen LogP contribution in [0.4, 0.5) is 32.0 Å². The lowest BCUT2D eigenvalue weighted by Gasteiger charge is -2.33. The Morgan fingerprint density at radius 3 is 2.47 bits per heavy atom. The van der Waals surface area contributed by atoms with Crippen LogP contribution in [0.1, 0.15) is 40.9 Å². The van der Waals surface area contributed by atoms with Gasteiger partial charge in [0, 0.05) is 12.5 Å². The topological polar surface area (TPSA) is 78.9 Å². The van der Waals surface area contributed by atoms with Crippen molar-refractivity contribution < 1.29 is 45.8 Å². The van der Waals surface area contributed by atoms with Gasteiger partial charge in [0.15, 0.2) is 5.75 Å². The van der Waals surface area contributed by atoms with Gasteiger partial charge < -0.3 is 20.1 Å². The molecule has 3 rings (SSSR count). The van der Waals surface area contributed by atoms with Crippen LogP contribution >= 0.6 is 0 Å². The van der Waals surface area contributed by atoms with Gasteiger partial charge >= 0.3 is 12.4 Å². The Labute approximate surface area is 202 Å². The number of para-hydroxylation sites is 1. The number of aliphatic hydroxyl groups excluding tert-OH is 1. The molecule has 2 amide bonds. The number of nitrogens with one attached hydrogen (secondary N) is 1. The van der Waals surface area contributed by atoms with Gasteiger partial charge in [0.25, 0.3) is 5.91 Å². The van der Waals surface area contributed by atoms with E-state index in [-0.39, 0.29) is 36.1 Å². The van der Waals surface area contributed by atoms with E-state index in [9.17, 15) is 41.0 Å². The summed E-state index contributed by atoms with van der Waals surface area (Å²) < 4.78 is 85.1. The smallest absolute Gasteiger partial charge is 0.416 e. The third-order valence-electron chi connectivity index (χ3n) is 5.69. The van der Waals surface area contributed by atoms with E-state index in [0.717, 1.165) is 0 Å². The van der Waals surface area contributed by atoms with Crippen molar-refractivity contribution in [3.63, 3.8) is 0 Å². The van der Waals surface area contributed by atoms with E-state index < -0.39 is 53.3 Å². The van der Waals surface area contributed by atoms with E-state index in [2.05, 4.69) is 5.32 Å². The molecule has 2 aromatic carbocycles. The molecule has 0 bridgehead atoms. The molecule has 6 nitrogen and oxygen atoms in total. The second-order valence-corrected chi connectivity index (χ2v) is 8.68. The first-order valence-electron chi connectivity index (χ1n) is 11.0. The van der Waals surface area contributed by atoms with Crippen molar-refractivity contribution in [1.29, 1.82) is 0 Å². The van der Waals surface area contributed by atoms with Gasteiger partial charge in [-0.05, 0) is 42.8 Å². The fourth-order valence-corrected chi connectivity index (χ4v) is 3.85. The van der Waals surface area contributed by atoms with Gasteiger partial charge in [0.05, 0.1) is 48.1 Å². The van der Waals surface area contributed by atoms with Gasteiger partial charge in [0.2, 0.25) is 5.91 Å². The zero-order valence-electron chi connectivity index (χ0n) is 19.3. The van der Waals surface area contributed by atoms with Crippen LogP contribution in [-0.4, -0.2) is 47.6 Å². The Hall–Kier alpha value is -3.28. The molecule has 2 aromatic rings. The molecule has 196 valence electrons. The first-order chi connectivity index (χ1) is 16.7. The van der Waals surface area contributed by atoms with Crippen molar-refractivity contribution >= 4 is 17.5 Å². The van der Waals surface area contributed by atoms with E-state index in [1.54, 1.807) is 6.92 Å². The average molecular weight is 518 g/mol. The minimum atomic E-state index is -4.97. The Morgan fingerprint density at radius 2 is 1.86 bits per heavy atom. The van der Waals surface area contributed by atoms with E-state index in [1.165, 1.54) is 23.1 Å². The fourth-order valence-electron chi connectivity index (χ4n) is 3.85. The molecule has 0 aromatic heterocycles. The fraction of sp³-hybridized carbons (Fsp3) is 0.417. The van der Waals surface area contributed by atoms with Gasteiger partial charge in [-0.3, -0.25) is 9.59 Å². The molecule has 0 spiro atoms. The molecular weight excluding hydrogens is 494 g/mol. The summed E-state index contributed by atoms with van der Waals surface area (Å²) in [6.07, 6.45) is -10.9. The normalized spacial score (nSPS) is 17.5. The zero-order valence-corrected chi connectivity index (χ0v) is 19.3. The van der Waals surface area contributed by atoms with Crippen LogP contribution in [0.25, 0.3) is 0 Å². The predicted molar refractivity (Wildman–Crippen MR) is 117 cm³/mol. The second kappa shape index (κ2) is 10.4. The number of alkyl halides is 6. The van der Waals surface area contributed by atoms with Crippen molar-refractivity contribution in [2.45, 2.75) is 38.7 Å². The molecule has 0 unspecified atom stereocenters. The van der Waals surface area contributed by atoms with E-state index in [4.69, 9.17) is 4.74 Å². The minimum Gasteiger partial charge on any atom is -0.490 e. The number of nitrogens with zero attached hydrogens (tertiary/aromatic N) is 1. The summed E-state index contributed by atoms with van der Waals surface area (Å²) in [7, 11) is 0. The molecule has 1 aliphatic heterocycles. The summed E-state index contributed by atoms with van der Waals surface area (Å²) in [5.41, 5.74) is -3.47. The van der Waals surface area contributed by atoms with Crippen molar-refractivity contribution in [3.05, 3.63) is 58.7 Å². The number of hydrogen-bond acceptors (Lipinski definition) is 4. The highest BCUT2D eigenvalue weighted by molar-refractivity contribution is 6.02. The molecule has 0 fully saturated rings. The predicted octanol–water partition coefficient (Wildman–Crippen LogP) is 4.76. The molecule has 2 atom stereocenters. The molecular formula is C24H24F6N2O4. The Balaban J connectivity index is 1.94. The number of ether oxygens (including phenoxy) is 1. The van der Waals surface area contributed by atoms with Gasteiger partial charge in [-0.25, -0.2) is 0 Å². The Kier molecular flexibility index (Phi) is 7.87. The first-order valence-corrected chi connectivity index (χ1v) is 11.0. The summed E-state index contributed by atoms with van der Waals surface area (Å²) in [5, 5.41) is 11.9. The summed E-state index contributed by atoms with van der Waals surface area (Å²) in [5.74, 6) is -1.68. The lowest BCUT2D eigenvalue weighted by atomic mass is 10.00. The minimum absolute atomic E-state index is 0.0161. The van der Waals surface area contributed by atoms with Crippen molar-refractivity contribution in [2.24, 2.45) is 5.92 Å². The van der Waals surface area contributed by atoms with Gasteiger partial charge in [0.1, 0.15) is 0 Å². The molecule has 0 saturated carbocycles. The van der Waals surface area contributed by atoms with Crippen LogP contribution in [0.3, 0.4) is 0 Å². The Morgan fingerprint density at radius 1 is 1.17 bits per heavy atom. The average Bonchev–Trinajstić information content (AvgIpc) is 2.78. The lowest BCUT2D eigenvalue weighted by molar-refractivity contribution is -0.142.